The third-order valence-electron chi connectivity index (χ3n) is 4.73. The first kappa shape index (κ1) is 13.6. The van der Waals surface area contributed by atoms with E-state index in [1.165, 1.54) is 74.9 Å². The van der Waals surface area contributed by atoms with E-state index < -0.39 is 0 Å². The van der Waals surface area contributed by atoms with Gasteiger partial charge < -0.3 is 5.32 Å². The van der Waals surface area contributed by atoms with E-state index in [4.69, 9.17) is 4.98 Å². The van der Waals surface area contributed by atoms with E-state index in [0.717, 1.165) is 6.54 Å². The molecule has 0 amide bonds. The summed E-state index contributed by atoms with van der Waals surface area (Å²) in [6, 6.07) is 0. The molecular formula is C16H26N2S. The van der Waals surface area contributed by atoms with Gasteiger partial charge in [0.2, 0.25) is 0 Å². The van der Waals surface area contributed by atoms with E-state index >= 15 is 0 Å². The second-order valence-corrected chi connectivity index (χ2v) is 7.21. The molecule has 0 unspecified atom stereocenters. The smallest absolute Gasteiger partial charge is 0.113 e. The van der Waals surface area contributed by atoms with Gasteiger partial charge in [0, 0.05) is 4.88 Å². The lowest BCUT2D eigenvalue weighted by atomic mass is 9.84. The summed E-state index contributed by atoms with van der Waals surface area (Å²) in [5, 5.41) is 5.22. The Hall–Kier alpha value is -0.410. The maximum atomic E-state index is 5.03. The third kappa shape index (κ3) is 2.73. The lowest BCUT2D eigenvalue weighted by Crippen LogP contribution is -2.42. The Kier molecular flexibility index (Phi) is 4.23. The summed E-state index contributed by atoms with van der Waals surface area (Å²) in [6.07, 6.45) is 13.3. The van der Waals surface area contributed by atoms with Gasteiger partial charge >= 0.3 is 0 Å². The number of aryl methyl sites for hydroxylation is 2. The van der Waals surface area contributed by atoms with Crippen LogP contribution in [-0.2, 0) is 18.4 Å². The number of rotatable bonds is 3. The predicted octanol–water partition coefficient (Wildman–Crippen LogP) is 4.18. The van der Waals surface area contributed by atoms with E-state index in [-0.39, 0.29) is 5.54 Å². The summed E-state index contributed by atoms with van der Waals surface area (Å²) in [7, 11) is 0. The second-order valence-electron chi connectivity index (χ2n) is 6.12. The van der Waals surface area contributed by atoms with Crippen molar-refractivity contribution in [3.63, 3.8) is 0 Å². The summed E-state index contributed by atoms with van der Waals surface area (Å²) in [5.74, 6) is 0. The van der Waals surface area contributed by atoms with E-state index in [1.54, 1.807) is 4.88 Å². The Morgan fingerprint density at radius 2 is 1.79 bits per heavy atom. The van der Waals surface area contributed by atoms with Crippen LogP contribution in [0.1, 0.15) is 73.9 Å². The van der Waals surface area contributed by atoms with Crippen LogP contribution >= 0.6 is 11.3 Å². The molecule has 3 rings (SSSR count). The molecule has 19 heavy (non-hydrogen) atoms. The second kappa shape index (κ2) is 5.92. The van der Waals surface area contributed by atoms with Gasteiger partial charge in [0.1, 0.15) is 5.01 Å². The van der Waals surface area contributed by atoms with E-state index in [0.29, 0.717) is 0 Å². The van der Waals surface area contributed by atoms with Crippen LogP contribution in [0.25, 0.3) is 0 Å². The zero-order valence-corrected chi connectivity index (χ0v) is 13.0. The highest BCUT2D eigenvalue weighted by Gasteiger charge is 2.35. The van der Waals surface area contributed by atoms with Crippen molar-refractivity contribution in [3.05, 3.63) is 15.6 Å². The molecule has 0 aliphatic heterocycles. The number of hydrogen-bond donors (Lipinski definition) is 1. The molecule has 2 aliphatic carbocycles. The number of fused-ring (bicyclic) bond motifs is 1. The number of hydrogen-bond acceptors (Lipinski definition) is 3. The van der Waals surface area contributed by atoms with Crippen LogP contribution in [0.4, 0.5) is 0 Å². The fourth-order valence-electron chi connectivity index (χ4n) is 3.71. The van der Waals surface area contributed by atoms with Crippen molar-refractivity contribution in [1.82, 2.24) is 10.3 Å². The van der Waals surface area contributed by atoms with Crippen LogP contribution in [0, 0.1) is 0 Å². The van der Waals surface area contributed by atoms with Crippen molar-refractivity contribution in [1.29, 1.82) is 0 Å². The van der Waals surface area contributed by atoms with E-state index in [9.17, 15) is 0 Å². The molecule has 0 aromatic carbocycles. The molecule has 1 aromatic rings. The minimum Gasteiger partial charge on any atom is -0.306 e. The van der Waals surface area contributed by atoms with Gasteiger partial charge in [0.25, 0.3) is 0 Å². The van der Waals surface area contributed by atoms with Gasteiger partial charge in [-0.25, -0.2) is 4.98 Å². The van der Waals surface area contributed by atoms with Crippen molar-refractivity contribution in [3.8, 4) is 0 Å². The van der Waals surface area contributed by atoms with Gasteiger partial charge in [0.05, 0.1) is 11.2 Å². The average Bonchev–Trinajstić information content (AvgIpc) is 2.93. The SMILES string of the molecule is CCNC1(c2nc3c(s2)CCC3)CCCCCCC1. The molecule has 2 aliphatic rings. The van der Waals surface area contributed by atoms with Crippen LogP contribution in [-0.4, -0.2) is 11.5 Å². The predicted molar refractivity (Wildman–Crippen MR) is 81.8 cm³/mol. The van der Waals surface area contributed by atoms with Crippen molar-refractivity contribution in [2.75, 3.05) is 6.54 Å². The van der Waals surface area contributed by atoms with Gasteiger partial charge in [-0.1, -0.05) is 39.0 Å². The Bertz CT molecular complexity index is 395. The van der Waals surface area contributed by atoms with Crippen molar-refractivity contribution < 1.29 is 0 Å². The molecule has 1 saturated carbocycles. The van der Waals surface area contributed by atoms with Crippen LogP contribution in [0.2, 0.25) is 0 Å². The molecule has 2 nitrogen and oxygen atoms in total. The van der Waals surface area contributed by atoms with Crippen LogP contribution in [0.5, 0.6) is 0 Å². The maximum Gasteiger partial charge on any atom is 0.113 e. The number of nitrogens with one attached hydrogen (secondary N) is 1. The van der Waals surface area contributed by atoms with Crippen LogP contribution < -0.4 is 5.32 Å². The standard InChI is InChI=1S/C16H26N2S/c1-2-17-16(11-6-4-3-5-7-12-16)15-18-13-9-8-10-14(13)19-15/h17H,2-12H2,1H3. The first-order valence-corrected chi connectivity index (χ1v) is 8.90. The number of nitrogens with zero attached hydrogens (tertiary/aromatic N) is 1. The molecule has 106 valence electrons. The number of thiazole rings is 1. The molecule has 0 spiro atoms. The molecule has 0 saturated heterocycles. The highest BCUT2D eigenvalue weighted by molar-refractivity contribution is 7.12. The van der Waals surface area contributed by atoms with Crippen molar-refractivity contribution in [2.24, 2.45) is 0 Å². The highest BCUT2D eigenvalue weighted by Crippen LogP contribution is 2.40. The summed E-state index contributed by atoms with van der Waals surface area (Å²) in [4.78, 5) is 6.61. The Labute approximate surface area is 121 Å². The zero-order chi connectivity index (χ0) is 13.1. The lowest BCUT2D eigenvalue weighted by Gasteiger charge is -2.34. The summed E-state index contributed by atoms with van der Waals surface area (Å²) < 4.78 is 0. The fraction of sp³-hybridized carbons (Fsp3) is 0.812. The van der Waals surface area contributed by atoms with Gasteiger partial charge in [-0.3, -0.25) is 0 Å². The van der Waals surface area contributed by atoms with Gasteiger partial charge in [-0.05, 0) is 38.6 Å². The maximum absolute atomic E-state index is 5.03. The average molecular weight is 278 g/mol. The minimum absolute atomic E-state index is 0.199. The lowest BCUT2D eigenvalue weighted by molar-refractivity contribution is 0.256. The molecule has 3 heteroatoms. The summed E-state index contributed by atoms with van der Waals surface area (Å²) in [5.41, 5.74) is 1.61. The first-order valence-electron chi connectivity index (χ1n) is 8.08. The fourth-order valence-corrected chi connectivity index (χ4v) is 5.08. The van der Waals surface area contributed by atoms with E-state index in [2.05, 4.69) is 12.2 Å². The van der Waals surface area contributed by atoms with Gasteiger partial charge in [-0.15, -0.1) is 11.3 Å². The minimum atomic E-state index is 0.199. The Morgan fingerprint density at radius 3 is 2.47 bits per heavy atom. The summed E-state index contributed by atoms with van der Waals surface area (Å²) in [6.45, 7) is 3.30. The molecule has 0 atom stereocenters. The van der Waals surface area contributed by atoms with Crippen molar-refractivity contribution in [2.45, 2.75) is 76.7 Å². The van der Waals surface area contributed by atoms with Crippen LogP contribution in [0.15, 0.2) is 0 Å². The van der Waals surface area contributed by atoms with E-state index in [1.807, 2.05) is 11.3 Å². The Morgan fingerprint density at radius 1 is 1.05 bits per heavy atom. The topological polar surface area (TPSA) is 24.9 Å². The normalized spacial score (nSPS) is 22.8. The summed E-state index contributed by atoms with van der Waals surface area (Å²) >= 11 is 2.01. The van der Waals surface area contributed by atoms with Gasteiger partial charge in [-0.2, -0.15) is 0 Å². The quantitative estimate of drug-likeness (QED) is 0.897. The largest absolute Gasteiger partial charge is 0.306 e. The third-order valence-corrected chi connectivity index (χ3v) is 6.09. The highest BCUT2D eigenvalue weighted by atomic mass is 32.1. The van der Waals surface area contributed by atoms with Crippen LogP contribution in [0.3, 0.4) is 0 Å². The molecule has 0 radical (unpaired) electrons. The van der Waals surface area contributed by atoms with Gasteiger partial charge in [0.15, 0.2) is 0 Å². The molecule has 1 aromatic heterocycles. The molecular weight excluding hydrogens is 252 g/mol. The molecule has 1 N–H and O–H groups in total. The van der Waals surface area contributed by atoms with Crippen molar-refractivity contribution >= 4 is 11.3 Å². The molecule has 1 heterocycles. The number of aromatic nitrogens is 1. The first-order chi connectivity index (χ1) is 9.34. The zero-order valence-electron chi connectivity index (χ0n) is 12.1. The monoisotopic (exact) mass is 278 g/mol. The Balaban J connectivity index is 1.88. The molecule has 0 bridgehead atoms. The molecule has 1 fully saturated rings.